The van der Waals surface area contributed by atoms with E-state index in [0.29, 0.717) is 11.5 Å². The first kappa shape index (κ1) is 9.09. The van der Waals surface area contributed by atoms with Gasteiger partial charge in [-0.1, -0.05) is 18.2 Å². The van der Waals surface area contributed by atoms with Crippen LogP contribution in [0.25, 0.3) is 6.08 Å². The van der Waals surface area contributed by atoms with E-state index in [2.05, 4.69) is 0 Å². The minimum Gasteiger partial charge on any atom is -0.493 e. The Hall–Kier alpha value is -1.48. The number of ether oxygens (including phenoxy) is 2. The molecule has 1 unspecified atom stereocenters. The molecular formula is C11H12O3. The maximum atomic E-state index is 8.96. The molecule has 74 valence electrons. The van der Waals surface area contributed by atoms with E-state index in [1.807, 2.05) is 30.4 Å². The molecule has 0 aromatic heterocycles. The van der Waals surface area contributed by atoms with Crippen LogP contribution >= 0.6 is 0 Å². The lowest BCUT2D eigenvalue weighted by Crippen LogP contribution is -2.21. The highest BCUT2D eigenvalue weighted by Gasteiger charge is 2.17. The highest BCUT2D eigenvalue weighted by atomic mass is 16.5. The second-order valence-corrected chi connectivity index (χ2v) is 3.08. The summed E-state index contributed by atoms with van der Waals surface area (Å²) in [6.45, 7) is -0.0199. The van der Waals surface area contributed by atoms with Gasteiger partial charge in [0.15, 0.2) is 11.5 Å². The van der Waals surface area contributed by atoms with E-state index in [-0.39, 0.29) is 12.7 Å². The monoisotopic (exact) mass is 192 g/mol. The lowest BCUT2D eigenvalue weighted by atomic mass is 10.1. The number of hydrogen-bond acceptors (Lipinski definition) is 3. The van der Waals surface area contributed by atoms with Gasteiger partial charge in [0.2, 0.25) is 0 Å². The molecule has 1 heterocycles. The van der Waals surface area contributed by atoms with Crippen LogP contribution in [0.5, 0.6) is 11.5 Å². The Morgan fingerprint density at radius 2 is 2.36 bits per heavy atom. The Kier molecular flexibility index (Phi) is 2.41. The van der Waals surface area contributed by atoms with Gasteiger partial charge < -0.3 is 14.6 Å². The van der Waals surface area contributed by atoms with Crippen LogP contribution in [-0.4, -0.2) is 24.9 Å². The molecule has 1 aliphatic rings. The van der Waals surface area contributed by atoms with Crippen molar-refractivity contribution in [1.82, 2.24) is 0 Å². The second kappa shape index (κ2) is 3.72. The van der Waals surface area contributed by atoms with Crippen molar-refractivity contribution < 1.29 is 14.6 Å². The SMILES string of the molecule is COc1cccc2c1OC(CO)C=C2. The number of benzene rings is 1. The van der Waals surface area contributed by atoms with Gasteiger partial charge in [0.05, 0.1) is 13.7 Å². The van der Waals surface area contributed by atoms with Crippen molar-refractivity contribution >= 4 is 6.08 Å². The van der Waals surface area contributed by atoms with Crippen molar-refractivity contribution in [2.45, 2.75) is 6.10 Å². The molecule has 0 spiro atoms. The molecule has 1 aromatic carbocycles. The van der Waals surface area contributed by atoms with Crippen molar-refractivity contribution in [1.29, 1.82) is 0 Å². The van der Waals surface area contributed by atoms with Gasteiger partial charge in [-0.05, 0) is 12.1 Å². The third-order valence-corrected chi connectivity index (χ3v) is 2.17. The lowest BCUT2D eigenvalue weighted by molar-refractivity contribution is 0.144. The number of aliphatic hydroxyl groups excluding tert-OH is 1. The largest absolute Gasteiger partial charge is 0.493 e. The number of para-hydroxylation sites is 1. The van der Waals surface area contributed by atoms with E-state index < -0.39 is 0 Å². The zero-order valence-electron chi connectivity index (χ0n) is 7.93. The van der Waals surface area contributed by atoms with Crippen LogP contribution < -0.4 is 9.47 Å². The molecule has 1 atom stereocenters. The number of fused-ring (bicyclic) bond motifs is 1. The second-order valence-electron chi connectivity index (χ2n) is 3.08. The number of aliphatic hydroxyl groups is 1. The number of hydrogen-bond donors (Lipinski definition) is 1. The van der Waals surface area contributed by atoms with E-state index in [1.165, 1.54) is 0 Å². The number of rotatable bonds is 2. The fourth-order valence-corrected chi connectivity index (χ4v) is 1.45. The van der Waals surface area contributed by atoms with Crippen LogP contribution in [-0.2, 0) is 0 Å². The molecule has 14 heavy (non-hydrogen) atoms. The molecule has 2 rings (SSSR count). The van der Waals surface area contributed by atoms with Crippen LogP contribution in [0.4, 0.5) is 0 Å². The van der Waals surface area contributed by atoms with E-state index >= 15 is 0 Å². The van der Waals surface area contributed by atoms with E-state index in [1.54, 1.807) is 7.11 Å². The van der Waals surface area contributed by atoms with Crippen LogP contribution in [0.2, 0.25) is 0 Å². The van der Waals surface area contributed by atoms with Gasteiger partial charge in [-0.2, -0.15) is 0 Å². The van der Waals surface area contributed by atoms with Gasteiger partial charge >= 0.3 is 0 Å². The van der Waals surface area contributed by atoms with Crippen molar-refractivity contribution in [2.75, 3.05) is 13.7 Å². The minimum absolute atomic E-state index is 0.0199. The zero-order chi connectivity index (χ0) is 9.97. The fourth-order valence-electron chi connectivity index (χ4n) is 1.45. The predicted molar refractivity (Wildman–Crippen MR) is 53.5 cm³/mol. The first-order chi connectivity index (χ1) is 6.85. The molecule has 1 aromatic rings. The van der Waals surface area contributed by atoms with Gasteiger partial charge in [0.1, 0.15) is 6.10 Å². The molecule has 3 heteroatoms. The molecule has 3 nitrogen and oxygen atoms in total. The zero-order valence-corrected chi connectivity index (χ0v) is 7.93. The Labute approximate surface area is 82.6 Å². The topological polar surface area (TPSA) is 38.7 Å². The molecule has 0 fully saturated rings. The van der Waals surface area contributed by atoms with Crippen molar-refractivity contribution in [3.05, 3.63) is 29.8 Å². The molecule has 0 bridgehead atoms. The summed E-state index contributed by atoms with van der Waals surface area (Å²) in [5, 5.41) is 8.96. The summed E-state index contributed by atoms with van der Waals surface area (Å²) < 4.78 is 10.7. The first-order valence-corrected chi connectivity index (χ1v) is 4.48. The summed E-state index contributed by atoms with van der Waals surface area (Å²) >= 11 is 0. The summed E-state index contributed by atoms with van der Waals surface area (Å²) in [6, 6.07) is 5.69. The molecule has 0 saturated heterocycles. The highest BCUT2D eigenvalue weighted by molar-refractivity contribution is 5.64. The minimum atomic E-state index is -0.265. The van der Waals surface area contributed by atoms with Crippen LogP contribution in [0.3, 0.4) is 0 Å². The predicted octanol–water partition coefficient (Wildman–Crippen LogP) is 1.46. The quantitative estimate of drug-likeness (QED) is 0.771. The smallest absolute Gasteiger partial charge is 0.169 e. The van der Waals surface area contributed by atoms with E-state index in [0.717, 1.165) is 5.56 Å². The van der Waals surface area contributed by atoms with Crippen molar-refractivity contribution in [3.8, 4) is 11.5 Å². The van der Waals surface area contributed by atoms with Gasteiger partial charge in [0, 0.05) is 5.56 Å². The first-order valence-electron chi connectivity index (χ1n) is 4.48. The average Bonchev–Trinajstić information content (AvgIpc) is 2.27. The van der Waals surface area contributed by atoms with Crippen LogP contribution in [0.1, 0.15) is 5.56 Å². The normalized spacial score (nSPS) is 18.6. The lowest BCUT2D eigenvalue weighted by Gasteiger charge is -2.21. The number of methoxy groups -OCH3 is 1. The maximum absolute atomic E-state index is 8.96. The van der Waals surface area contributed by atoms with Crippen LogP contribution in [0, 0.1) is 0 Å². The third kappa shape index (κ3) is 1.46. The van der Waals surface area contributed by atoms with Gasteiger partial charge in [0.25, 0.3) is 0 Å². The van der Waals surface area contributed by atoms with E-state index in [4.69, 9.17) is 14.6 Å². The molecule has 0 saturated carbocycles. The highest BCUT2D eigenvalue weighted by Crippen LogP contribution is 2.35. The molecule has 1 aliphatic heterocycles. The maximum Gasteiger partial charge on any atom is 0.169 e. The summed E-state index contributed by atoms with van der Waals surface area (Å²) in [4.78, 5) is 0. The molecule has 1 N–H and O–H groups in total. The van der Waals surface area contributed by atoms with Gasteiger partial charge in [-0.3, -0.25) is 0 Å². The molecule has 0 radical (unpaired) electrons. The van der Waals surface area contributed by atoms with Gasteiger partial charge in [-0.15, -0.1) is 0 Å². The Morgan fingerprint density at radius 3 is 3.07 bits per heavy atom. The fraction of sp³-hybridized carbons (Fsp3) is 0.273. The molecular weight excluding hydrogens is 180 g/mol. The Balaban J connectivity index is 2.40. The van der Waals surface area contributed by atoms with Gasteiger partial charge in [-0.25, -0.2) is 0 Å². The standard InChI is InChI=1S/C11H12O3/c1-13-10-4-2-3-8-5-6-9(7-12)14-11(8)10/h2-6,9,12H,7H2,1H3. The van der Waals surface area contributed by atoms with Crippen LogP contribution in [0.15, 0.2) is 24.3 Å². The Bertz CT molecular complexity index is 358. The summed E-state index contributed by atoms with van der Waals surface area (Å²) in [7, 11) is 1.60. The van der Waals surface area contributed by atoms with Crippen molar-refractivity contribution in [3.63, 3.8) is 0 Å². The molecule has 0 aliphatic carbocycles. The average molecular weight is 192 g/mol. The third-order valence-electron chi connectivity index (χ3n) is 2.17. The van der Waals surface area contributed by atoms with E-state index in [9.17, 15) is 0 Å². The summed E-state index contributed by atoms with van der Waals surface area (Å²) in [5.41, 5.74) is 0.981. The molecule has 0 amide bonds. The Morgan fingerprint density at radius 1 is 1.50 bits per heavy atom. The summed E-state index contributed by atoms with van der Waals surface area (Å²) in [5.74, 6) is 1.40. The summed E-state index contributed by atoms with van der Waals surface area (Å²) in [6.07, 6.45) is 3.50. The van der Waals surface area contributed by atoms with Crippen molar-refractivity contribution in [2.24, 2.45) is 0 Å².